The third kappa shape index (κ3) is 3.40. The predicted molar refractivity (Wildman–Crippen MR) is 64.6 cm³/mol. The highest BCUT2D eigenvalue weighted by Crippen LogP contribution is 2.30. The maximum absolute atomic E-state index is 11.1. The number of thiol groups is 1. The molecule has 4 nitrogen and oxygen atoms in total. The molecular weight excluding hydrogens is 226 g/mol. The Labute approximate surface area is 101 Å². The molecule has 1 N–H and O–H groups in total. The number of carboxylic acids is 1. The number of hydrogen-bond acceptors (Lipinski definition) is 3. The van der Waals surface area contributed by atoms with E-state index in [0.29, 0.717) is 12.3 Å². The summed E-state index contributed by atoms with van der Waals surface area (Å²) >= 11 is 4.17. The molecular formula is C11H19NO3S. The highest BCUT2D eigenvalue weighted by Gasteiger charge is 2.33. The molecule has 0 aromatic rings. The molecule has 0 bridgehead atoms. The molecule has 1 amide bonds. The Morgan fingerprint density at radius 2 is 1.94 bits per heavy atom. The van der Waals surface area contributed by atoms with E-state index in [2.05, 4.69) is 12.6 Å². The Bertz CT molecular complexity index is 283. The number of nitrogens with zero attached hydrogens (tertiary/aromatic N) is 1. The van der Waals surface area contributed by atoms with E-state index in [1.807, 2.05) is 4.90 Å². The fraction of sp³-hybridized carbons (Fsp3) is 0.818. The van der Waals surface area contributed by atoms with E-state index in [9.17, 15) is 9.59 Å². The van der Waals surface area contributed by atoms with E-state index in [1.165, 1.54) is 0 Å². The van der Waals surface area contributed by atoms with Crippen LogP contribution in [-0.4, -0.2) is 39.7 Å². The van der Waals surface area contributed by atoms with Crippen LogP contribution >= 0.6 is 12.6 Å². The van der Waals surface area contributed by atoms with Crippen molar-refractivity contribution in [1.82, 2.24) is 4.90 Å². The Balaban J connectivity index is 2.43. The minimum atomic E-state index is -0.955. The molecule has 1 rings (SSSR count). The van der Waals surface area contributed by atoms with Crippen molar-refractivity contribution >= 4 is 24.5 Å². The average Bonchev–Trinajstić information content (AvgIpc) is 2.17. The summed E-state index contributed by atoms with van der Waals surface area (Å²) in [7, 11) is 0. The summed E-state index contributed by atoms with van der Waals surface area (Å²) in [6.45, 7) is 4.68. The Morgan fingerprint density at radius 3 is 2.31 bits per heavy atom. The van der Waals surface area contributed by atoms with Gasteiger partial charge in [0.05, 0.1) is 0 Å². The number of carbonyl (C=O) groups is 2. The van der Waals surface area contributed by atoms with Gasteiger partial charge in [0.1, 0.15) is 4.75 Å². The Morgan fingerprint density at radius 1 is 1.44 bits per heavy atom. The van der Waals surface area contributed by atoms with Gasteiger partial charge in [-0.3, -0.25) is 9.59 Å². The van der Waals surface area contributed by atoms with Gasteiger partial charge in [-0.1, -0.05) is 0 Å². The number of carboxylic acid groups (broad SMARTS) is 1. The molecule has 0 radical (unpaired) electrons. The van der Waals surface area contributed by atoms with E-state index in [4.69, 9.17) is 5.11 Å². The first-order valence-corrected chi connectivity index (χ1v) is 5.99. The lowest BCUT2D eigenvalue weighted by atomic mass is 9.87. The molecule has 1 fully saturated rings. The van der Waals surface area contributed by atoms with Crippen molar-refractivity contribution in [1.29, 1.82) is 0 Å². The van der Waals surface area contributed by atoms with E-state index in [-0.39, 0.29) is 5.91 Å². The number of carbonyl (C=O) groups excluding carboxylic acids is 1. The van der Waals surface area contributed by atoms with Gasteiger partial charge in [-0.25, -0.2) is 0 Å². The maximum Gasteiger partial charge on any atom is 0.319 e. The summed E-state index contributed by atoms with van der Waals surface area (Å²) in [5.74, 6) is -0.413. The Hall–Kier alpha value is -0.710. The van der Waals surface area contributed by atoms with Crippen LogP contribution in [0.3, 0.4) is 0 Å². The molecule has 0 saturated carbocycles. The largest absolute Gasteiger partial charge is 0.480 e. The first-order valence-electron chi connectivity index (χ1n) is 5.54. The zero-order chi connectivity index (χ0) is 12.3. The second-order valence-corrected chi connectivity index (χ2v) is 5.72. The van der Waals surface area contributed by atoms with E-state index in [0.717, 1.165) is 25.9 Å². The van der Waals surface area contributed by atoms with Crippen LogP contribution in [0.2, 0.25) is 0 Å². The fourth-order valence-electron chi connectivity index (χ4n) is 2.10. The second-order valence-electron chi connectivity index (χ2n) is 4.73. The third-order valence-corrected chi connectivity index (χ3v) is 3.58. The van der Waals surface area contributed by atoms with Gasteiger partial charge < -0.3 is 10.0 Å². The summed E-state index contributed by atoms with van der Waals surface area (Å²) < 4.78 is -0.955. The van der Waals surface area contributed by atoms with Crippen molar-refractivity contribution in [3.63, 3.8) is 0 Å². The lowest BCUT2D eigenvalue weighted by Gasteiger charge is -2.33. The summed E-state index contributed by atoms with van der Waals surface area (Å²) in [6.07, 6.45) is 2.32. The van der Waals surface area contributed by atoms with E-state index in [1.54, 1.807) is 13.8 Å². The molecule has 0 aromatic heterocycles. The van der Waals surface area contributed by atoms with Gasteiger partial charge in [-0.15, -0.1) is 0 Å². The van der Waals surface area contributed by atoms with Crippen molar-refractivity contribution in [2.45, 2.75) is 37.9 Å². The fourth-order valence-corrected chi connectivity index (χ4v) is 2.36. The molecule has 1 atom stereocenters. The second kappa shape index (κ2) is 5.08. The molecule has 1 saturated heterocycles. The number of hydrogen-bond donors (Lipinski definition) is 2. The lowest BCUT2D eigenvalue weighted by molar-refractivity contribution is -0.140. The molecule has 5 heteroatoms. The third-order valence-electron chi connectivity index (χ3n) is 3.21. The van der Waals surface area contributed by atoms with E-state index >= 15 is 0 Å². The monoisotopic (exact) mass is 245 g/mol. The van der Waals surface area contributed by atoms with Crippen LogP contribution in [0, 0.1) is 5.92 Å². The summed E-state index contributed by atoms with van der Waals surface area (Å²) in [4.78, 5) is 23.9. The zero-order valence-corrected chi connectivity index (χ0v) is 10.7. The van der Waals surface area contributed by atoms with Gasteiger partial charge in [0.15, 0.2) is 0 Å². The zero-order valence-electron chi connectivity index (χ0n) is 9.77. The summed E-state index contributed by atoms with van der Waals surface area (Å²) in [6, 6.07) is 0. The van der Waals surface area contributed by atoms with Crippen LogP contribution in [0.1, 0.15) is 33.1 Å². The molecule has 0 aromatic carbocycles. The molecule has 1 aliphatic heterocycles. The van der Waals surface area contributed by atoms with E-state index < -0.39 is 10.7 Å². The number of piperidine rings is 1. The molecule has 92 valence electrons. The van der Waals surface area contributed by atoms with Crippen molar-refractivity contribution in [2.75, 3.05) is 13.1 Å². The normalized spacial score (nSPS) is 21.6. The van der Waals surface area contributed by atoms with Gasteiger partial charge in [-0.2, -0.15) is 12.6 Å². The van der Waals surface area contributed by atoms with Crippen LogP contribution in [0.5, 0.6) is 0 Å². The molecule has 16 heavy (non-hydrogen) atoms. The van der Waals surface area contributed by atoms with Gasteiger partial charge >= 0.3 is 5.97 Å². The molecule has 1 heterocycles. The predicted octanol–water partition coefficient (Wildman–Crippen LogP) is 1.41. The highest BCUT2D eigenvalue weighted by molar-refractivity contribution is 7.82. The quantitative estimate of drug-likeness (QED) is 0.739. The average molecular weight is 245 g/mol. The molecule has 1 aliphatic rings. The number of aliphatic carboxylic acids is 1. The molecule has 0 aliphatic carbocycles. The maximum atomic E-state index is 11.1. The number of likely N-dealkylation sites (tertiary alicyclic amines) is 1. The summed E-state index contributed by atoms with van der Waals surface area (Å²) in [5.41, 5.74) is 0. The molecule has 0 spiro atoms. The van der Waals surface area contributed by atoms with Crippen LogP contribution in [-0.2, 0) is 9.59 Å². The van der Waals surface area contributed by atoms with Crippen LogP contribution in [0.15, 0.2) is 0 Å². The van der Waals surface area contributed by atoms with Crippen molar-refractivity contribution in [2.24, 2.45) is 5.92 Å². The minimum absolute atomic E-state index is 0.102. The Kier molecular flexibility index (Phi) is 4.24. The summed E-state index contributed by atoms with van der Waals surface area (Å²) in [5, 5.41) is 8.97. The van der Waals surface area contributed by atoms with Gasteiger partial charge in [-0.05, 0) is 32.1 Å². The van der Waals surface area contributed by atoms with Crippen LogP contribution < -0.4 is 0 Å². The van der Waals surface area contributed by atoms with Crippen molar-refractivity contribution in [3.05, 3.63) is 0 Å². The number of amides is 1. The van der Waals surface area contributed by atoms with Crippen molar-refractivity contribution in [3.8, 4) is 0 Å². The van der Waals surface area contributed by atoms with Crippen LogP contribution in [0.25, 0.3) is 0 Å². The van der Waals surface area contributed by atoms with Gasteiger partial charge in [0.2, 0.25) is 5.91 Å². The van der Waals surface area contributed by atoms with Crippen LogP contribution in [0.4, 0.5) is 0 Å². The topological polar surface area (TPSA) is 57.6 Å². The van der Waals surface area contributed by atoms with Gasteiger partial charge in [0, 0.05) is 20.0 Å². The first kappa shape index (κ1) is 13.4. The van der Waals surface area contributed by atoms with Crippen molar-refractivity contribution < 1.29 is 14.7 Å². The lowest BCUT2D eigenvalue weighted by Crippen LogP contribution is -2.40. The highest BCUT2D eigenvalue weighted by atomic mass is 32.1. The molecule has 1 unspecified atom stereocenters. The smallest absolute Gasteiger partial charge is 0.319 e. The standard InChI is InChI=1S/C11H19NO3S/c1-8(13)12-5-3-9(4-6-12)7-11(2,16)10(14)15/h9,16H,3-7H2,1-2H3,(H,14,15). The first-order chi connectivity index (χ1) is 7.33. The minimum Gasteiger partial charge on any atom is -0.480 e. The van der Waals surface area contributed by atoms with Gasteiger partial charge in [0.25, 0.3) is 0 Å². The SMILES string of the molecule is CC(=O)N1CCC(CC(C)(S)C(=O)O)CC1. The number of rotatable bonds is 3.